The Balaban J connectivity index is 0.00000196. The number of ether oxygens (including phenoxy) is 1. The number of hydrogen-bond acceptors (Lipinski definition) is 3. The molecule has 2 aromatic carbocycles. The number of benzene rings is 2. The molecule has 1 aliphatic rings. The summed E-state index contributed by atoms with van der Waals surface area (Å²) in [7, 11) is 0. The highest BCUT2D eigenvalue weighted by Gasteiger charge is 2.31. The van der Waals surface area contributed by atoms with E-state index in [-0.39, 0.29) is 42.4 Å². The van der Waals surface area contributed by atoms with E-state index in [2.05, 4.69) is 15.0 Å². The van der Waals surface area contributed by atoms with Crippen LogP contribution in [0.25, 0.3) is 0 Å². The fourth-order valence-corrected chi connectivity index (χ4v) is 3.29. The van der Waals surface area contributed by atoms with Gasteiger partial charge in [0.25, 0.3) is 0 Å². The number of piperazine rings is 1. The van der Waals surface area contributed by atoms with Gasteiger partial charge >= 0.3 is 6.36 Å². The van der Waals surface area contributed by atoms with Gasteiger partial charge in [0.2, 0.25) is 0 Å². The van der Waals surface area contributed by atoms with Gasteiger partial charge in [0.05, 0.1) is 6.04 Å². The molecule has 0 spiro atoms. The summed E-state index contributed by atoms with van der Waals surface area (Å²) in [4.78, 5) is 2.21. The molecule has 0 amide bonds. The van der Waals surface area contributed by atoms with Gasteiger partial charge in [-0.3, -0.25) is 4.90 Å². The van der Waals surface area contributed by atoms with E-state index in [0.717, 1.165) is 42.9 Å². The van der Waals surface area contributed by atoms with E-state index in [1.807, 2.05) is 6.92 Å². The molecule has 9 heteroatoms. The molecule has 0 aliphatic carbocycles. The molecule has 0 bridgehead atoms. The summed E-state index contributed by atoms with van der Waals surface area (Å²) in [6.07, 6.45) is -4.72. The second-order valence-electron chi connectivity index (χ2n) is 6.31. The van der Waals surface area contributed by atoms with Crippen molar-refractivity contribution in [2.45, 2.75) is 19.3 Å². The molecule has 2 aromatic rings. The van der Waals surface area contributed by atoms with Crippen LogP contribution in [-0.4, -0.2) is 37.4 Å². The van der Waals surface area contributed by atoms with Crippen molar-refractivity contribution in [1.82, 2.24) is 10.2 Å². The third kappa shape index (κ3) is 6.24. The molecule has 1 atom stereocenters. The number of rotatable bonds is 4. The number of halogens is 6. The van der Waals surface area contributed by atoms with Gasteiger partial charge in [-0.15, -0.1) is 38.0 Å². The van der Waals surface area contributed by atoms with Gasteiger partial charge in [0.1, 0.15) is 11.6 Å². The normalized spacial score (nSPS) is 15.9. The zero-order valence-electron chi connectivity index (χ0n) is 15.1. The first-order valence-electron chi connectivity index (χ1n) is 8.40. The fourth-order valence-electron chi connectivity index (χ4n) is 3.29. The Morgan fingerprint density at radius 1 is 1.00 bits per heavy atom. The quantitative estimate of drug-likeness (QED) is 0.686. The van der Waals surface area contributed by atoms with Gasteiger partial charge in [-0.1, -0.05) is 18.2 Å². The molecule has 1 saturated heterocycles. The first-order valence-corrected chi connectivity index (χ1v) is 8.40. The van der Waals surface area contributed by atoms with Crippen molar-refractivity contribution in [1.29, 1.82) is 0 Å². The number of nitrogens with one attached hydrogen (secondary N) is 1. The van der Waals surface area contributed by atoms with Crippen molar-refractivity contribution in [2.75, 3.05) is 26.2 Å². The Bertz CT molecular complexity index is 751. The van der Waals surface area contributed by atoms with E-state index >= 15 is 0 Å². The first kappa shape index (κ1) is 24.5. The maximum absolute atomic E-state index is 13.9. The van der Waals surface area contributed by atoms with Gasteiger partial charge in [0, 0.05) is 26.2 Å². The van der Waals surface area contributed by atoms with Crippen LogP contribution in [0.15, 0.2) is 42.5 Å². The van der Waals surface area contributed by atoms with Crippen LogP contribution in [-0.2, 0) is 0 Å². The lowest BCUT2D eigenvalue weighted by atomic mass is 9.93. The molecule has 1 N–H and O–H groups in total. The number of alkyl halides is 3. The molecule has 0 saturated carbocycles. The first-order chi connectivity index (χ1) is 12.3. The van der Waals surface area contributed by atoms with Crippen LogP contribution in [0.5, 0.6) is 5.75 Å². The lowest BCUT2D eigenvalue weighted by Gasteiger charge is -2.36. The smallest absolute Gasteiger partial charge is 0.406 e. The van der Waals surface area contributed by atoms with Crippen molar-refractivity contribution >= 4 is 24.8 Å². The maximum Gasteiger partial charge on any atom is 0.573 e. The average molecular weight is 441 g/mol. The molecule has 28 heavy (non-hydrogen) atoms. The largest absolute Gasteiger partial charge is 0.573 e. The lowest BCUT2D eigenvalue weighted by Crippen LogP contribution is -2.45. The summed E-state index contributed by atoms with van der Waals surface area (Å²) in [6.45, 7) is 5.05. The molecule has 1 fully saturated rings. The maximum atomic E-state index is 13.9. The zero-order valence-corrected chi connectivity index (χ0v) is 16.8. The Kier molecular flexibility index (Phi) is 9.01. The van der Waals surface area contributed by atoms with E-state index in [0.29, 0.717) is 0 Å². The van der Waals surface area contributed by atoms with Crippen LogP contribution >= 0.6 is 24.8 Å². The van der Waals surface area contributed by atoms with Gasteiger partial charge in [-0.05, 0) is 47.9 Å². The van der Waals surface area contributed by atoms with E-state index < -0.39 is 6.36 Å². The molecule has 3 nitrogen and oxygen atoms in total. The van der Waals surface area contributed by atoms with E-state index in [4.69, 9.17) is 0 Å². The molecular weight excluding hydrogens is 419 g/mol. The van der Waals surface area contributed by atoms with Crippen molar-refractivity contribution in [3.05, 3.63) is 65.0 Å². The minimum atomic E-state index is -4.72. The summed E-state index contributed by atoms with van der Waals surface area (Å²) in [6, 6.07) is 10.2. The fraction of sp³-hybridized carbons (Fsp3) is 0.368. The average Bonchev–Trinajstić information content (AvgIpc) is 2.59. The molecule has 0 radical (unpaired) electrons. The summed E-state index contributed by atoms with van der Waals surface area (Å²) in [5.41, 5.74) is 2.55. The molecule has 156 valence electrons. The minimum absolute atomic E-state index is 0. The predicted molar refractivity (Wildman–Crippen MR) is 105 cm³/mol. The van der Waals surface area contributed by atoms with Crippen molar-refractivity contribution in [3.63, 3.8) is 0 Å². The highest BCUT2D eigenvalue weighted by molar-refractivity contribution is 5.85. The van der Waals surface area contributed by atoms with E-state index in [1.54, 1.807) is 18.2 Å². The van der Waals surface area contributed by atoms with Gasteiger partial charge in [-0.2, -0.15) is 0 Å². The van der Waals surface area contributed by atoms with Crippen LogP contribution in [0.4, 0.5) is 17.6 Å². The SMILES string of the molecule is Cc1ccc(F)cc1[C@H](c1ccc(OC(F)(F)F)cc1)N1CCNCC1.Cl.Cl. The van der Waals surface area contributed by atoms with Crippen molar-refractivity contribution in [2.24, 2.45) is 0 Å². The second-order valence-corrected chi connectivity index (χ2v) is 6.31. The molecule has 0 unspecified atom stereocenters. The lowest BCUT2D eigenvalue weighted by molar-refractivity contribution is -0.274. The highest BCUT2D eigenvalue weighted by atomic mass is 35.5. The second kappa shape index (κ2) is 10.3. The zero-order chi connectivity index (χ0) is 18.7. The number of nitrogens with zero attached hydrogens (tertiary/aromatic N) is 1. The van der Waals surface area contributed by atoms with E-state index in [9.17, 15) is 17.6 Å². The molecular formula is C19H22Cl2F4N2O. The highest BCUT2D eigenvalue weighted by Crippen LogP contribution is 2.33. The van der Waals surface area contributed by atoms with Gasteiger partial charge in [-0.25, -0.2) is 4.39 Å². The summed E-state index contributed by atoms with van der Waals surface area (Å²) in [5.74, 6) is -0.598. The number of hydrogen-bond donors (Lipinski definition) is 1. The third-order valence-electron chi connectivity index (χ3n) is 4.48. The summed E-state index contributed by atoms with van der Waals surface area (Å²) in [5, 5.41) is 3.27. The third-order valence-corrected chi connectivity index (χ3v) is 4.48. The van der Waals surface area contributed by atoms with Crippen molar-refractivity contribution in [3.8, 4) is 5.75 Å². The topological polar surface area (TPSA) is 24.5 Å². The Morgan fingerprint density at radius 2 is 1.61 bits per heavy atom. The van der Waals surface area contributed by atoms with Crippen LogP contribution in [0, 0.1) is 12.7 Å². The Morgan fingerprint density at radius 3 is 2.18 bits per heavy atom. The van der Waals surface area contributed by atoms with E-state index in [1.165, 1.54) is 24.3 Å². The monoisotopic (exact) mass is 440 g/mol. The Hall–Kier alpha value is -1.54. The van der Waals surface area contributed by atoms with Crippen LogP contribution in [0.1, 0.15) is 22.7 Å². The standard InChI is InChI=1S/C19H20F4N2O.2ClH/c1-13-2-5-15(20)12-17(13)18(25-10-8-24-9-11-25)14-3-6-16(7-4-14)26-19(21,22)23;;/h2-7,12,18,24H,8-11H2,1H3;2*1H/t18-;;/m0../s1. The van der Waals surface area contributed by atoms with Crippen LogP contribution in [0.3, 0.4) is 0 Å². The summed E-state index contributed by atoms with van der Waals surface area (Å²) < 4.78 is 54.9. The Labute approximate surface area is 173 Å². The number of aryl methyl sites for hydroxylation is 1. The molecule has 0 aromatic heterocycles. The van der Waals surface area contributed by atoms with Crippen LogP contribution in [0.2, 0.25) is 0 Å². The van der Waals surface area contributed by atoms with Crippen LogP contribution < -0.4 is 10.1 Å². The van der Waals surface area contributed by atoms with Gasteiger partial charge < -0.3 is 10.1 Å². The molecule has 3 rings (SSSR count). The molecule has 1 heterocycles. The predicted octanol–water partition coefficient (Wildman–Crippen LogP) is 4.87. The molecule has 1 aliphatic heterocycles. The van der Waals surface area contributed by atoms with Gasteiger partial charge in [0.15, 0.2) is 0 Å². The summed E-state index contributed by atoms with van der Waals surface area (Å²) >= 11 is 0. The minimum Gasteiger partial charge on any atom is -0.406 e. The van der Waals surface area contributed by atoms with Crippen molar-refractivity contribution < 1.29 is 22.3 Å².